The van der Waals surface area contributed by atoms with Crippen LogP contribution in [-0.2, 0) is 14.4 Å². The smallest absolute Gasteiger partial charge is 0.550 e. The van der Waals surface area contributed by atoms with Gasteiger partial charge < -0.3 is 37.3 Å². The monoisotopic (exact) mass is 316 g/mol. The molecule has 0 radical (unpaired) electrons. The van der Waals surface area contributed by atoms with Gasteiger partial charge in [-0.25, -0.2) is 0 Å². The van der Waals surface area contributed by atoms with Crippen molar-refractivity contribution in [3.63, 3.8) is 0 Å². The number of carboxylic acid groups (broad SMARTS) is 3. The molecule has 0 aliphatic heterocycles. The molecule has 0 aromatic rings. The fraction of sp³-hybridized carbons (Fsp3) is 0.600. The van der Waals surface area contributed by atoms with E-state index in [0.717, 1.165) is 13.8 Å². The number of guanidine groups is 1. The van der Waals surface area contributed by atoms with Crippen LogP contribution in [0.15, 0.2) is 4.99 Å². The molecule has 1 atom stereocenters. The van der Waals surface area contributed by atoms with E-state index in [4.69, 9.17) is 42.1 Å². The number of nitrogens with two attached hydrogens (primary N) is 3. The minimum Gasteiger partial charge on any atom is -0.550 e. The Morgan fingerprint density at radius 2 is 1.52 bits per heavy atom. The van der Waals surface area contributed by atoms with Crippen LogP contribution in [0, 0.1) is 0 Å². The van der Waals surface area contributed by atoms with E-state index in [1.54, 1.807) is 0 Å². The normalized spacial score (nSPS) is 9.29. The quantitative estimate of drug-likeness (QED) is 0.141. The number of carbonyl (C=O) groups excluding carboxylic acids is 1. The Hall–Kier alpha value is -1.36. The number of carboxylic acids is 3. The summed E-state index contributed by atoms with van der Waals surface area (Å²) in [6.07, 6.45) is 0.956. The summed E-state index contributed by atoms with van der Waals surface area (Å²) in [6, 6.07) is -0.820. The van der Waals surface area contributed by atoms with Crippen molar-refractivity contribution >= 4 is 23.9 Å². The van der Waals surface area contributed by atoms with Crippen molar-refractivity contribution in [3.8, 4) is 0 Å². The van der Waals surface area contributed by atoms with Crippen LogP contribution in [0.25, 0.3) is 0 Å². The average Bonchev–Trinajstić information content (AvgIpc) is 2.21. The van der Waals surface area contributed by atoms with Crippen molar-refractivity contribution in [1.29, 1.82) is 0 Å². The zero-order valence-electron chi connectivity index (χ0n) is 12.4. The fourth-order valence-electron chi connectivity index (χ4n) is 0.643. The molecule has 0 aliphatic carbocycles. The number of aliphatic carboxylic acids is 3. The van der Waals surface area contributed by atoms with Gasteiger partial charge in [0.1, 0.15) is 6.04 Å². The Kier molecular flexibility index (Phi) is 24.8. The van der Waals surface area contributed by atoms with Gasteiger partial charge in [0.05, 0.1) is 0 Å². The molecule has 8 N–H and O–H groups in total. The third-order valence-corrected chi connectivity index (χ3v) is 1.28. The average molecular weight is 316 g/mol. The Labute approximate surface area is 144 Å². The Balaban J connectivity index is -0.000000134. The third-order valence-electron chi connectivity index (χ3n) is 1.28. The topological polar surface area (TPSA) is 205 Å². The molecule has 0 spiro atoms. The van der Waals surface area contributed by atoms with Crippen LogP contribution in [0.4, 0.5) is 0 Å². The molecular formula is C10H21N4NaO6. The first kappa shape index (κ1) is 27.9. The molecule has 0 fully saturated rings. The minimum absolute atomic E-state index is 0. The second-order valence-corrected chi connectivity index (χ2v) is 3.40. The molecule has 0 saturated carbocycles. The molecule has 0 bridgehead atoms. The summed E-state index contributed by atoms with van der Waals surface area (Å²) >= 11 is 0. The number of rotatable bonds is 5. The maximum atomic E-state index is 10.2. The molecule has 0 saturated heterocycles. The Morgan fingerprint density at radius 1 is 1.19 bits per heavy atom. The molecule has 0 unspecified atom stereocenters. The van der Waals surface area contributed by atoms with Crippen LogP contribution in [0.5, 0.6) is 0 Å². The van der Waals surface area contributed by atoms with Gasteiger partial charge in [0.15, 0.2) is 5.96 Å². The number of carbonyl (C=O) groups is 3. The molecule has 0 amide bonds. The first-order chi connectivity index (χ1) is 9.00. The Morgan fingerprint density at radius 3 is 1.76 bits per heavy atom. The summed E-state index contributed by atoms with van der Waals surface area (Å²) in [6.45, 7) is 2.48. The van der Waals surface area contributed by atoms with Gasteiger partial charge in [0.25, 0.3) is 5.97 Å². The van der Waals surface area contributed by atoms with E-state index < -0.39 is 23.9 Å². The molecule has 0 aromatic heterocycles. The summed E-state index contributed by atoms with van der Waals surface area (Å²) in [4.78, 5) is 31.8. The van der Waals surface area contributed by atoms with Crippen LogP contribution in [0.1, 0.15) is 26.7 Å². The Bertz CT molecular complexity index is 314. The van der Waals surface area contributed by atoms with E-state index in [2.05, 4.69) is 4.99 Å². The van der Waals surface area contributed by atoms with E-state index in [0.29, 0.717) is 19.4 Å². The second kappa shape index (κ2) is 18.6. The summed E-state index contributed by atoms with van der Waals surface area (Å²) in [5.41, 5.74) is 15.3. The van der Waals surface area contributed by atoms with Gasteiger partial charge in [0.2, 0.25) is 0 Å². The van der Waals surface area contributed by atoms with Gasteiger partial charge in [-0.05, 0) is 19.8 Å². The number of hydrogen-bond acceptors (Lipinski definition) is 6. The molecule has 0 heterocycles. The van der Waals surface area contributed by atoms with E-state index in [-0.39, 0.29) is 35.5 Å². The van der Waals surface area contributed by atoms with Crippen LogP contribution in [0.3, 0.4) is 0 Å². The largest absolute Gasteiger partial charge is 1.00 e. The van der Waals surface area contributed by atoms with E-state index in [9.17, 15) is 4.79 Å². The maximum Gasteiger partial charge on any atom is 1.00 e. The number of nitrogens with zero attached hydrogens (tertiary/aromatic N) is 1. The van der Waals surface area contributed by atoms with Crippen LogP contribution < -0.4 is 51.9 Å². The standard InChI is InChI=1S/C6H14N4O2.2C2H4O2.Na/c7-4(5(11)12)2-1-3-10-6(8)9;2*1-2(3)4;/h4H,1-3,7H2,(H,11,12)(H4,8,9,10);2*1H3,(H,3,4);/q;;;+1/p-1/t4-;;;/m0.../s1. The third kappa shape index (κ3) is 55.5. The van der Waals surface area contributed by atoms with Gasteiger partial charge in [-0.3, -0.25) is 14.6 Å². The predicted molar refractivity (Wildman–Crippen MR) is 69.5 cm³/mol. The van der Waals surface area contributed by atoms with E-state index in [1.807, 2.05) is 0 Å². The summed E-state index contributed by atoms with van der Waals surface area (Å²) < 4.78 is 0. The molecule has 0 aromatic carbocycles. The van der Waals surface area contributed by atoms with Gasteiger partial charge in [0, 0.05) is 19.4 Å². The van der Waals surface area contributed by atoms with Gasteiger partial charge in [-0.2, -0.15) is 0 Å². The second-order valence-electron chi connectivity index (χ2n) is 3.40. The van der Waals surface area contributed by atoms with Crippen LogP contribution >= 0.6 is 0 Å². The molecule has 10 nitrogen and oxygen atoms in total. The summed E-state index contributed by atoms with van der Waals surface area (Å²) in [5.74, 6) is -2.90. The predicted octanol–water partition coefficient (Wildman–Crippen LogP) is -5.70. The first-order valence-corrected chi connectivity index (χ1v) is 5.41. The fourth-order valence-corrected chi connectivity index (χ4v) is 0.643. The summed E-state index contributed by atoms with van der Waals surface area (Å²) in [7, 11) is 0. The zero-order valence-corrected chi connectivity index (χ0v) is 14.4. The molecule has 11 heteroatoms. The van der Waals surface area contributed by atoms with Crippen LogP contribution in [-0.4, -0.2) is 46.7 Å². The zero-order chi connectivity index (χ0) is 16.7. The molecule has 118 valence electrons. The number of hydrogen-bond donors (Lipinski definition) is 5. The van der Waals surface area contributed by atoms with Crippen molar-refractivity contribution in [1.82, 2.24) is 0 Å². The SMILES string of the molecule is CC(=O)O.CC(=O)[O-].NC(N)=NCCC[C@H](N)C(=O)O.[Na+]. The van der Waals surface area contributed by atoms with Crippen molar-refractivity contribution in [2.45, 2.75) is 32.7 Å². The van der Waals surface area contributed by atoms with E-state index >= 15 is 0 Å². The van der Waals surface area contributed by atoms with Crippen molar-refractivity contribution < 1.29 is 59.3 Å². The van der Waals surface area contributed by atoms with Crippen LogP contribution in [0.2, 0.25) is 0 Å². The molecular weight excluding hydrogens is 295 g/mol. The van der Waals surface area contributed by atoms with Crippen molar-refractivity contribution in [3.05, 3.63) is 0 Å². The van der Waals surface area contributed by atoms with Gasteiger partial charge in [-0.15, -0.1) is 0 Å². The minimum atomic E-state index is -1.08. The molecule has 0 rings (SSSR count). The number of aliphatic imine (C=N–C) groups is 1. The van der Waals surface area contributed by atoms with Crippen molar-refractivity contribution in [2.24, 2.45) is 22.2 Å². The molecule has 21 heavy (non-hydrogen) atoms. The molecule has 0 aliphatic rings. The maximum absolute atomic E-state index is 10.2. The first-order valence-electron chi connectivity index (χ1n) is 5.41. The van der Waals surface area contributed by atoms with Gasteiger partial charge in [-0.1, -0.05) is 0 Å². The summed E-state index contributed by atoms with van der Waals surface area (Å²) in [5, 5.41) is 24.7. The van der Waals surface area contributed by atoms with Gasteiger partial charge >= 0.3 is 35.5 Å². The van der Waals surface area contributed by atoms with Crippen molar-refractivity contribution in [2.75, 3.05) is 6.54 Å². The van der Waals surface area contributed by atoms with E-state index in [1.165, 1.54) is 0 Å².